The van der Waals surface area contributed by atoms with E-state index in [0.717, 1.165) is 19.4 Å². The molecule has 0 spiro atoms. The fraction of sp³-hybridized carbons (Fsp3) is 0.875. The van der Waals surface area contributed by atoms with Crippen LogP contribution < -0.4 is 5.32 Å². The lowest BCUT2D eigenvalue weighted by Crippen LogP contribution is -2.25. The van der Waals surface area contributed by atoms with Gasteiger partial charge in [0.1, 0.15) is 0 Å². The number of hydrogen-bond donors (Lipinski definition) is 1. The summed E-state index contributed by atoms with van der Waals surface area (Å²) in [6.45, 7) is 5.02. The first kappa shape index (κ1) is 7.58. The second-order valence-corrected chi connectivity index (χ2v) is 3.11. The van der Waals surface area contributed by atoms with E-state index in [1.807, 2.05) is 0 Å². The molecule has 0 unspecified atom stereocenters. The van der Waals surface area contributed by atoms with Crippen molar-refractivity contribution in [2.45, 2.75) is 26.7 Å². The molecule has 0 aromatic carbocycles. The Hall–Kier alpha value is -0.530. The molecule has 1 amide bonds. The Morgan fingerprint density at radius 3 is 2.70 bits per heavy atom. The van der Waals surface area contributed by atoms with E-state index in [0.29, 0.717) is 11.8 Å². The molecule has 2 nitrogen and oxygen atoms in total. The van der Waals surface area contributed by atoms with E-state index >= 15 is 0 Å². The molecule has 0 saturated heterocycles. The number of nitrogens with one attached hydrogen (secondary N) is 1. The summed E-state index contributed by atoms with van der Waals surface area (Å²) in [6, 6.07) is 0. The van der Waals surface area contributed by atoms with Crippen LogP contribution in [0.25, 0.3) is 0 Å². The van der Waals surface area contributed by atoms with Gasteiger partial charge in [0, 0.05) is 12.5 Å². The molecule has 0 aromatic rings. The topological polar surface area (TPSA) is 29.1 Å². The standard InChI is InChI=1S/C8H15NO/c1-3-4-9-8(10)7-5-6(7)2/h6-7H,3-5H2,1-2H3,(H,9,10)/t6-,7-/m0/s1. The van der Waals surface area contributed by atoms with Gasteiger partial charge >= 0.3 is 0 Å². The zero-order valence-corrected chi connectivity index (χ0v) is 6.68. The van der Waals surface area contributed by atoms with Gasteiger partial charge in [-0.05, 0) is 18.8 Å². The van der Waals surface area contributed by atoms with E-state index in [-0.39, 0.29) is 5.91 Å². The second kappa shape index (κ2) is 3.04. The third-order valence-electron chi connectivity index (χ3n) is 2.00. The summed E-state index contributed by atoms with van der Waals surface area (Å²) in [6.07, 6.45) is 2.13. The molecule has 0 bridgehead atoms. The lowest BCUT2D eigenvalue weighted by molar-refractivity contribution is -0.122. The van der Waals surface area contributed by atoms with Gasteiger partial charge < -0.3 is 5.32 Å². The molecule has 10 heavy (non-hydrogen) atoms. The van der Waals surface area contributed by atoms with Gasteiger partial charge in [-0.15, -0.1) is 0 Å². The van der Waals surface area contributed by atoms with Gasteiger partial charge in [-0.25, -0.2) is 0 Å². The highest BCUT2D eigenvalue weighted by Gasteiger charge is 2.38. The van der Waals surface area contributed by atoms with Gasteiger partial charge in [0.15, 0.2) is 0 Å². The van der Waals surface area contributed by atoms with Crippen LogP contribution >= 0.6 is 0 Å². The molecular weight excluding hydrogens is 126 g/mol. The normalized spacial score (nSPS) is 29.8. The summed E-state index contributed by atoms with van der Waals surface area (Å²) in [7, 11) is 0. The van der Waals surface area contributed by atoms with Crippen molar-refractivity contribution in [2.24, 2.45) is 11.8 Å². The van der Waals surface area contributed by atoms with Crippen molar-refractivity contribution in [1.29, 1.82) is 0 Å². The predicted octanol–water partition coefficient (Wildman–Crippen LogP) is 1.17. The molecule has 2 heteroatoms. The number of rotatable bonds is 3. The van der Waals surface area contributed by atoms with E-state index in [1.165, 1.54) is 0 Å². The highest BCUT2D eigenvalue weighted by molar-refractivity contribution is 5.81. The molecule has 1 aliphatic carbocycles. The first-order chi connectivity index (χ1) is 4.75. The smallest absolute Gasteiger partial charge is 0.223 e. The van der Waals surface area contributed by atoms with Crippen LogP contribution in [0.2, 0.25) is 0 Å². The monoisotopic (exact) mass is 141 g/mol. The van der Waals surface area contributed by atoms with Crippen molar-refractivity contribution in [2.75, 3.05) is 6.54 Å². The molecule has 0 radical (unpaired) electrons. The number of amides is 1. The van der Waals surface area contributed by atoms with Crippen molar-refractivity contribution in [3.63, 3.8) is 0 Å². The molecule has 0 heterocycles. The van der Waals surface area contributed by atoms with Crippen LogP contribution in [-0.4, -0.2) is 12.5 Å². The third kappa shape index (κ3) is 1.72. The van der Waals surface area contributed by atoms with E-state index < -0.39 is 0 Å². The lowest BCUT2D eigenvalue weighted by atomic mass is 10.3. The zero-order chi connectivity index (χ0) is 7.56. The predicted molar refractivity (Wildman–Crippen MR) is 40.6 cm³/mol. The van der Waals surface area contributed by atoms with Crippen molar-refractivity contribution < 1.29 is 4.79 Å². The van der Waals surface area contributed by atoms with Crippen LogP contribution in [0.15, 0.2) is 0 Å². The first-order valence-electron chi connectivity index (χ1n) is 4.03. The Morgan fingerprint density at radius 1 is 1.70 bits per heavy atom. The van der Waals surface area contributed by atoms with E-state index in [4.69, 9.17) is 0 Å². The minimum Gasteiger partial charge on any atom is -0.356 e. The fourth-order valence-corrected chi connectivity index (χ4v) is 1.07. The van der Waals surface area contributed by atoms with Crippen molar-refractivity contribution >= 4 is 5.91 Å². The van der Waals surface area contributed by atoms with Crippen molar-refractivity contribution in [3.8, 4) is 0 Å². The van der Waals surface area contributed by atoms with E-state index in [9.17, 15) is 4.79 Å². The third-order valence-corrected chi connectivity index (χ3v) is 2.00. The molecule has 58 valence electrons. The molecule has 1 N–H and O–H groups in total. The van der Waals surface area contributed by atoms with Crippen LogP contribution in [0.5, 0.6) is 0 Å². The largest absolute Gasteiger partial charge is 0.356 e. The van der Waals surface area contributed by atoms with Crippen LogP contribution in [0, 0.1) is 11.8 Å². The van der Waals surface area contributed by atoms with Gasteiger partial charge in [-0.1, -0.05) is 13.8 Å². The maximum atomic E-state index is 11.1. The van der Waals surface area contributed by atoms with Gasteiger partial charge in [-0.2, -0.15) is 0 Å². The average molecular weight is 141 g/mol. The average Bonchev–Trinajstić information content (AvgIpc) is 2.62. The van der Waals surface area contributed by atoms with Gasteiger partial charge in [-0.3, -0.25) is 4.79 Å². The van der Waals surface area contributed by atoms with Gasteiger partial charge in [0.2, 0.25) is 5.91 Å². The van der Waals surface area contributed by atoms with Crippen LogP contribution in [-0.2, 0) is 4.79 Å². The van der Waals surface area contributed by atoms with Crippen LogP contribution in [0.1, 0.15) is 26.7 Å². The Kier molecular flexibility index (Phi) is 2.30. The van der Waals surface area contributed by atoms with Crippen molar-refractivity contribution in [3.05, 3.63) is 0 Å². The molecular formula is C8H15NO. The summed E-state index contributed by atoms with van der Waals surface area (Å²) < 4.78 is 0. The molecule has 1 saturated carbocycles. The molecule has 1 aliphatic rings. The Labute approximate surface area is 62.0 Å². The summed E-state index contributed by atoms with van der Waals surface area (Å²) in [5.41, 5.74) is 0. The highest BCUT2D eigenvalue weighted by Crippen LogP contribution is 2.37. The molecule has 0 aromatic heterocycles. The highest BCUT2D eigenvalue weighted by atomic mass is 16.2. The summed E-state index contributed by atoms with van der Waals surface area (Å²) in [4.78, 5) is 11.1. The Bertz CT molecular complexity index is 133. The first-order valence-corrected chi connectivity index (χ1v) is 4.03. The fourth-order valence-electron chi connectivity index (χ4n) is 1.07. The molecule has 1 rings (SSSR count). The Balaban J connectivity index is 2.11. The van der Waals surface area contributed by atoms with Crippen LogP contribution in [0.3, 0.4) is 0 Å². The maximum Gasteiger partial charge on any atom is 0.223 e. The SMILES string of the molecule is CCCNC(=O)[C@H]1C[C@@H]1C. The minimum atomic E-state index is 0.259. The second-order valence-electron chi connectivity index (χ2n) is 3.11. The minimum absolute atomic E-state index is 0.259. The Morgan fingerprint density at radius 2 is 2.30 bits per heavy atom. The number of hydrogen-bond acceptors (Lipinski definition) is 1. The van der Waals surface area contributed by atoms with Gasteiger partial charge in [0.05, 0.1) is 0 Å². The number of carbonyl (C=O) groups excluding carboxylic acids is 1. The van der Waals surface area contributed by atoms with Crippen LogP contribution in [0.4, 0.5) is 0 Å². The zero-order valence-electron chi connectivity index (χ0n) is 6.68. The molecule has 0 aliphatic heterocycles. The summed E-state index contributed by atoms with van der Waals surface area (Å²) >= 11 is 0. The van der Waals surface area contributed by atoms with Crippen molar-refractivity contribution in [1.82, 2.24) is 5.32 Å². The molecule has 2 atom stereocenters. The van der Waals surface area contributed by atoms with Gasteiger partial charge in [0.25, 0.3) is 0 Å². The quantitative estimate of drug-likeness (QED) is 0.628. The lowest BCUT2D eigenvalue weighted by Gasteiger charge is -1.99. The maximum absolute atomic E-state index is 11.1. The number of carbonyl (C=O) groups is 1. The summed E-state index contributed by atoms with van der Waals surface area (Å²) in [5, 5.41) is 2.89. The summed E-state index contributed by atoms with van der Waals surface area (Å²) in [5.74, 6) is 1.23. The van der Waals surface area contributed by atoms with E-state index in [1.54, 1.807) is 0 Å². The van der Waals surface area contributed by atoms with E-state index in [2.05, 4.69) is 19.2 Å². The molecule has 1 fully saturated rings.